The van der Waals surface area contributed by atoms with E-state index in [1.54, 1.807) is 0 Å². The average Bonchev–Trinajstić information content (AvgIpc) is 3.00. The summed E-state index contributed by atoms with van der Waals surface area (Å²) in [6.07, 6.45) is 5.00. The van der Waals surface area contributed by atoms with Crippen LogP contribution in [0.4, 0.5) is 5.69 Å². The zero-order valence-corrected chi connectivity index (χ0v) is 25.0. The van der Waals surface area contributed by atoms with Gasteiger partial charge in [-0.25, -0.2) is 4.85 Å². The van der Waals surface area contributed by atoms with Crippen molar-refractivity contribution in [2.75, 3.05) is 26.2 Å². The van der Waals surface area contributed by atoms with Gasteiger partial charge in [0.05, 0.1) is 12.7 Å². The fourth-order valence-electron chi connectivity index (χ4n) is 5.99. The molecule has 3 aromatic carbocycles. The number of likely N-dealkylation sites (tertiary alicyclic amines) is 2. The molecule has 3 aromatic rings. The number of nitrogens with zero attached hydrogens (tertiary/aromatic N) is 3. The molecule has 0 amide bonds. The number of rotatable bonds is 11. The van der Waals surface area contributed by atoms with E-state index in [-0.39, 0.29) is 18.0 Å². The van der Waals surface area contributed by atoms with Gasteiger partial charge in [0, 0.05) is 38.2 Å². The van der Waals surface area contributed by atoms with Crippen molar-refractivity contribution in [2.45, 2.75) is 71.2 Å². The number of Topliss-reactive ketones (excluding diaryl/α,β-unsaturated/α-hetero) is 1. The fraction of sp³-hybridized carbons (Fsp3) is 0.444. The Morgan fingerprint density at radius 1 is 0.833 bits per heavy atom. The summed E-state index contributed by atoms with van der Waals surface area (Å²) in [4.78, 5) is 21.6. The molecule has 0 aliphatic carbocycles. The highest BCUT2D eigenvalue weighted by Crippen LogP contribution is 2.27. The number of ketones is 1. The predicted octanol–water partition coefficient (Wildman–Crippen LogP) is 7.55. The Morgan fingerprint density at radius 2 is 1.43 bits per heavy atom. The summed E-state index contributed by atoms with van der Waals surface area (Å²) in [5.74, 6) is 2.36. The first kappa shape index (κ1) is 29.8. The van der Waals surface area contributed by atoms with E-state index in [1.165, 1.54) is 11.1 Å². The standard InChI is InChI=1S/C36H43N3O3/c1-27(2)41-33-13-9-30(10-14-33)26-39-21-17-34(18-22-39)42-35-6-4-5-31(24-35)36(40)23-28-15-19-38(20-16-28)25-29-7-11-32(37-3)12-8-29/h4-14,24,27-28,34H,15-23,25-26H2,1-2H3. The molecule has 2 aliphatic heterocycles. The molecule has 0 aromatic heterocycles. The summed E-state index contributed by atoms with van der Waals surface area (Å²) >= 11 is 0. The zero-order valence-electron chi connectivity index (χ0n) is 25.0. The molecule has 0 bridgehead atoms. The number of hydrogen-bond acceptors (Lipinski definition) is 5. The van der Waals surface area contributed by atoms with Crippen LogP contribution >= 0.6 is 0 Å². The fourth-order valence-corrected chi connectivity index (χ4v) is 5.99. The third-order valence-electron chi connectivity index (χ3n) is 8.35. The van der Waals surface area contributed by atoms with Gasteiger partial charge >= 0.3 is 0 Å². The minimum absolute atomic E-state index is 0.176. The minimum Gasteiger partial charge on any atom is -0.491 e. The van der Waals surface area contributed by atoms with Crippen molar-refractivity contribution < 1.29 is 14.3 Å². The van der Waals surface area contributed by atoms with E-state index in [9.17, 15) is 4.79 Å². The Balaban J connectivity index is 1.04. The van der Waals surface area contributed by atoms with Gasteiger partial charge in [-0.3, -0.25) is 14.6 Å². The molecular formula is C36H43N3O3. The van der Waals surface area contributed by atoms with Crippen LogP contribution in [0.1, 0.15) is 67.4 Å². The second kappa shape index (κ2) is 14.5. The summed E-state index contributed by atoms with van der Waals surface area (Å²) in [7, 11) is 0. The third-order valence-corrected chi connectivity index (χ3v) is 8.35. The zero-order chi connectivity index (χ0) is 29.3. The number of carbonyl (C=O) groups is 1. The molecule has 2 heterocycles. The predicted molar refractivity (Wildman–Crippen MR) is 167 cm³/mol. The summed E-state index contributed by atoms with van der Waals surface area (Å²) in [6, 6.07) is 24.1. The van der Waals surface area contributed by atoms with Crippen LogP contribution in [0.2, 0.25) is 0 Å². The van der Waals surface area contributed by atoms with Gasteiger partial charge in [0.25, 0.3) is 0 Å². The molecule has 220 valence electrons. The molecule has 0 atom stereocenters. The van der Waals surface area contributed by atoms with Gasteiger partial charge in [-0.05, 0) is 93.9 Å². The quantitative estimate of drug-likeness (QED) is 0.177. The molecule has 42 heavy (non-hydrogen) atoms. The van der Waals surface area contributed by atoms with Crippen molar-refractivity contribution in [1.29, 1.82) is 0 Å². The van der Waals surface area contributed by atoms with Crippen molar-refractivity contribution in [3.8, 4) is 11.5 Å². The van der Waals surface area contributed by atoms with Crippen LogP contribution in [0.25, 0.3) is 4.85 Å². The van der Waals surface area contributed by atoms with Crippen LogP contribution in [0.3, 0.4) is 0 Å². The van der Waals surface area contributed by atoms with Gasteiger partial charge in [-0.1, -0.05) is 48.5 Å². The Morgan fingerprint density at radius 3 is 2.02 bits per heavy atom. The average molecular weight is 566 g/mol. The van der Waals surface area contributed by atoms with Crippen molar-refractivity contribution in [2.24, 2.45) is 5.92 Å². The molecule has 2 aliphatic rings. The third kappa shape index (κ3) is 8.67. The van der Waals surface area contributed by atoms with Gasteiger partial charge in [0.2, 0.25) is 0 Å². The molecule has 0 radical (unpaired) electrons. The number of benzene rings is 3. The molecule has 2 saturated heterocycles. The van der Waals surface area contributed by atoms with Crippen molar-refractivity contribution >= 4 is 11.5 Å². The molecule has 5 rings (SSSR count). The topological polar surface area (TPSA) is 46.4 Å². The maximum Gasteiger partial charge on any atom is 0.187 e. The van der Waals surface area contributed by atoms with Crippen molar-refractivity contribution in [1.82, 2.24) is 9.80 Å². The van der Waals surface area contributed by atoms with Crippen molar-refractivity contribution in [3.63, 3.8) is 0 Å². The normalized spacial score (nSPS) is 17.2. The lowest BCUT2D eigenvalue weighted by atomic mass is 9.89. The van der Waals surface area contributed by atoms with Gasteiger partial charge in [0.15, 0.2) is 11.5 Å². The number of piperidine rings is 2. The summed E-state index contributed by atoms with van der Waals surface area (Å²) in [5.41, 5.74) is 3.98. The van der Waals surface area contributed by atoms with Gasteiger partial charge < -0.3 is 9.47 Å². The first-order valence-corrected chi connectivity index (χ1v) is 15.4. The Kier molecular flexibility index (Phi) is 10.3. The maximum atomic E-state index is 13.2. The van der Waals surface area contributed by atoms with Crippen molar-refractivity contribution in [3.05, 3.63) is 101 Å². The van der Waals surface area contributed by atoms with Gasteiger partial charge in [-0.2, -0.15) is 0 Å². The number of hydrogen-bond donors (Lipinski definition) is 0. The number of ether oxygens (including phenoxy) is 2. The van der Waals surface area contributed by atoms with Crippen LogP contribution in [-0.2, 0) is 13.1 Å². The lowest BCUT2D eigenvalue weighted by Crippen LogP contribution is -2.37. The van der Waals surface area contributed by atoms with Crippen LogP contribution in [0.5, 0.6) is 11.5 Å². The summed E-state index contributed by atoms with van der Waals surface area (Å²) < 4.78 is 12.1. The first-order valence-electron chi connectivity index (χ1n) is 15.4. The highest BCUT2D eigenvalue weighted by Gasteiger charge is 2.24. The molecule has 0 N–H and O–H groups in total. The molecule has 6 heteroatoms. The largest absolute Gasteiger partial charge is 0.491 e. The lowest BCUT2D eigenvalue weighted by molar-refractivity contribution is 0.0915. The van der Waals surface area contributed by atoms with E-state index in [0.29, 0.717) is 18.0 Å². The highest BCUT2D eigenvalue weighted by atomic mass is 16.5. The minimum atomic E-state index is 0.176. The Labute approximate surface area is 251 Å². The van der Waals surface area contributed by atoms with Crippen LogP contribution in [-0.4, -0.2) is 54.0 Å². The van der Waals surface area contributed by atoms with Crippen LogP contribution < -0.4 is 9.47 Å². The van der Waals surface area contributed by atoms with E-state index in [4.69, 9.17) is 16.0 Å². The van der Waals surface area contributed by atoms with E-state index in [1.807, 2.05) is 62.4 Å². The summed E-state index contributed by atoms with van der Waals surface area (Å²) in [5, 5.41) is 0. The van der Waals surface area contributed by atoms with Crippen LogP contribution in [0.15, 0.2) is 72.8 Å². The SMILES string of the molecule is [C-]#[N+]c1ccc(CN2CCC(CC(=O)c3cccc(OC4CCN(Cc5ccc(OC(C)C)cc5)CC4)c3)CC2)cc1. The first-order chi connectivity index (χ1) is 20.4. The molecule has 6 nitrogen and oxygen atoms in total. The maximum absolute atomic E-state index is 13.2. The summed E-state index contributed by atoms with van der Waals surface area (Å²) in [6.45, 7) is 17.0. The molecule has 0 unspecified atom stereocenters. The van der Waals surface area contributed by atoms with Gasteiger partial charge in [-0.15, -0.1) is 0 Å². The number of carbonyl (C=O) groups excluding carboxylic acids is 1. The molecule has 0 spiro atoms. The molecular weight excluding hydrogens is 522 g/mol. The smallest absolute Gasteiger partial charge is 0.187 e. The van der Waals surface area contributed by atoms with E-state index in [0.717, 1.165) is 82.0 Å². The van der Waals surface area contributed by atoms with E-state index >= 15 is 0 Å². The monoisotopic (exact) mass is 565 g/mol. The molecule has 2 fully saturated rings. The second-order valence-corrected chi connectivity index (χ2v) is 12.1. The highest BCUT2D eigenvalue weighted by molar-refractivity contribution is 5.96. The van der Waals surface area contributed by atoms with Crippen LogP contribution in [0, 0.1) is 12.5 Å². The Bertz CT molecular complexity index is 1330. The second-order valence-electron chi connectivity index (χ2n) is 12.1. The van der Waals surface area contributed by atoms with E-state index < -0.39 is 0 Å². The lowest BCUT2D eigenvalue weighted by Gasteiger charge is -2.32. The Hall–Kier alpha value is -3.66. The van der Waals surface area contributed by atoms with E-state index in [2.05, 4.69) is 38.9 Å². The molecule has 0 saturated carbocycles. The van der Waals surface area contributed by atoms with Gasteiger partial charge in [0.1, 0.15) is 17.6 Å².